The minimum Gasteiger partial charge on any atom is -0.449 e. The fourth-order valence-electron chi connectivity index (χ4n) is 12.4. The molecule has 0 saturated heterocycles. The number of rotatable bonds is 16. The summed E-state index contributed by atoms with van der Waals surface area (Å²) in [5, 5.41) is 20.9. The highest BCUT2D eigenvalue weighted by Gasteiger charge is 2.76. The third-order valence-electron chi connectivity index (χ3n) is 16.0. The molecule has 3 aromatic carbocycles. The predicted molar refractivity (Wildman–Crippen MR) is 273 cm³/mol. The highest BCUT2D eigenvalue weighted by molar-refractivity contribution is 8.13. The largest absolute Gasteiger partial charge is 0.449 e. The van der Waals surface area contributed by atoms with Gasteiger partial charge in [-0.1, -0.05) is 61.5 Å². The van der Waals surface area contributed by atoms with Crippen molar-refractivity contribution in [2.75, 3.05) is 31.0 Å². The third-order valence-corrected chi connectivity index (χ3v) is 16.7. The van der Waals surface area contributed by atoms with Gasteiger partial charge in [-0.2, -0.15) is 0 Å². The molecule has 8 rings (SSSR count). The van der Waals surface area contributed by atoms with Crippen molar-refractivity contribution in [2.45, 2.75) is 121 Å². The summed E-state index contributed by atoms with van der Waals surface area (Å²) in [5.74, 6) is -6.87. The van der Waals surface area contributed by atoms with Gasteiger partial charge in [0, 0.05) is 29.2 Å². The molecule has 9 atom stereocenters. The van der Waals surface area contributed by atoms with Crippen LogP contribution in [-0.2, 0) is 33.4 Å². The Kier molecular flexibility index (Phi) is 16.0. The lowest BCUT2D eigenvalue weighted by atomic mass is 9.44. The number of fused-ring (bicyclic) bond motifs is 8. The van der Waals surface area contributed by atoms with Crippen LogP contribution < -0.4 is 21.3 Å². The van der Waals surface area contributed by atoms with Gasteiger partial charge in [0.1, 0.15) is 36.2 Å². The summed E-state index contributed by atoms with van der Waals surface area (Å²) < 4.78 is 80.3. The molecule has 0 heterocycles. The standard InChI is InChI=1S/C56H62F4N4O11S/c1-52(2,3)75-50(71)61-23-11-10-16-43(64-51(72)73-29-37-35-14-8-6-12-33(35)34-13-7-9-15-36(34)37)47(68)62-28-46(67)63-44-24-31(17-18-41(44)58)48(69)74-55(49(70)76-30-57)22-20-38-39-26-42(59)40-25-32(65)19-21-53(40,4)56(39,60)45(66)27-54(38,55)5/h6-9,12-15,17-19,21,24-25,37-39,42-43,45,66H,10-11,16,20,22-23,26-30H2,1-5H3,(H,61,71)(H,62,68)(H,63,67)(H,64,72)/t38-,39-,42-,43-,45-,53-,54-,55-,56-/m0/s1. The fraction of sp³-hybridized carbons (Fsp3) is 0.482. The first kappa shape index (κ1) is 55.7. The highest BCUT2D eigenvalue weighted by atomic mass is 32.2. The lowest BCUT2D eigenvalue weighted by Crippen LogP contribution is -2.70. The Morgan fingerprint density at radius 2 is 1.61 bits per heavy atom. The number of aliphatic hydroxyl groups is 1. The van der Waals surface area contributed by atoms with Crippen LogP contribution in [0.1, 0.15) is 107 Å². The fourth-order valence-corrected chi connectivity index (χ4v) is 13.1. The van der Waals surface area contributed by atoms with Gasteiger partial charge in [0.2, 0.25) is 16.9 Å². The van der Waals surface area contributed by atoms with Crippen LogP contribution in [0.3, 0.4) is 0 Å². The SMILES string of the molecule is CC(C)(C)OC(=O)NCCCC[C@H](NC(=O)OCC1c2ccccc2-c2ccccc21)C(=O)NCC(=O)Nc1cc(C(=O)O[C@]2(C(=O)SCF)CC[C@H]3[C@@H]4C[C@H](F)C5=CC(=O)C=C[C@]5(C)[C@@]4(F)[C@@H](O)C[C@@]32C)ccc1F. The average molecular weight is 1080 g/mol. The average Bonchev–Trinajstić information content (AvgIpc) is 4.03. The molecule has 3 saturated carbocycles. The van der Waals surface area contributed by atoms with Crippen LogP contribution in [0.25, 0.3) is 11.1 Å². The van der Waals surface area contributed by atoms with Gasteiger partial charge in [-0.05, 0) is 148 Å². The molecule has 15 nitrogen and oxygen atoms in total. The van der Waals surface area contributed by atoms with E-state index in [1.165, 1.54) is 19.9 Å². The topological polar surface area (TPSA) is 216 Å². The normalized spacial score (nSPS) is 27.5. The summed E-state index contributed by atoms with van der Waals surface area (Å²) in [6.07, 6.45) is -2.17. The molecule has 0 unspecified atom stereocenters. The Morgan fingerprint density at radius 3 is 2.28 bits per heavy atom. The van der Waals surface area contributed by atoms with E-state index in [2.05, 4.69) is 21.3 Å². The number of anilines is 1. The zero-order valence-corrected chi connectivity index (χ0v) is 43.6. The minimum absolute atomic E-state index is 0.0136. The summed E-state index contributed by atoms with van der Waals surface area (Å²) in [7, 11) is 0. The van der Waals surface area contributed by atoms with Crippen molar-refractivity contribution in [2.24, 2.45) is 22.7 Å². The first-order chi connectivity index (χ1) is 36.0. The zero-order valence-electron chi connectivity index (χ0n) is 42.8. The molecule has 4 amide bonds. The number of amides is 4. The zero-order chi connectivity index (χ0) is 55.0. The van der Waals surface area contributed by atoms with E-state index in [0.717, 1.165) is 52.6 Å². The summed E-state index contributed by atoms with van der Waals surface area (Å²) in [4.78, 5) is 93.1. The number of unbranched alkanes of at least 4 members (excludes halogenated alkanes) is 1. The Morgan fingerprint density at radius 1 is 0.921 bits per heavy atom. The van der Waals surface area contributed by atoms with Gasteiger partial charge in [0.25, 0.3) is 0 Å². The Labute approximate surface area is 441 Å². The van der Waals surface area contributed by atoms with Gasteiger partial charge in [-0.15, -0.1) is 0 Å². The van der Waals surface area contributed by atoms with Crippen molar-refractivity contribution in [3.63, 3.8) is 0 Å². The van der Waals surface area contributed by atoms with Crippen LogP contribution in [-0.4, -0.2) is 107 Å². The second-order valence-electron chi connectivity index (χ2n) is 21.6. The molecule has 0 radical (unpaired) electrons. The second kappa shape index (κ2) is 21.8. The summed E-state index contributed by atoms with van der Waals surface area (Å²) >= 11 is 0.214. The van der Waals surface area contributed by atoms with E-state index >= 15 is 13.2 Å². The van der Waals surface area contributed by atoms with Gasteiger partial charge >= 0.3 is 18.2 Å². The van der Waals surface area contributed by atoms with E-state index in [9.17, 15) is 43.1 Å². The molecular weight excluding hydrogens is 1010 g/mol. The molecule has 406 valence electrons. The number of alkyl carbamates (subject to hydrolysis) is 2. The number of benzene rings is 3. The minimum atomic E-state index is -2.51. The molecule has 0 aliphatic heterocycles. The number of ether oxygens (including phenoxy) is 3. The van der Waals surface area contributed by atoms with E-state index in [-0.39, 0.29) is 61.2 Å². The number of nitrogens with one attached hydrogen (secondary N) is 4. The second-order valence-corrected chi connectivity index (χ2v) is 22.4. The molecule has 5 aliphatic rings. The lowest BCUT2D eigenvalue weighted by molar-refractivity contribution is -0.219. The van der Waals surface area contributed by atoms with E-state index in [4.69, 9.17) is 14.2 Å². The van der Waals surface area contributed by atoms with Crippen molar-refractivity contribution >= 4 is 58.3 Å². The van der Waals surface area contributed by atoms with Gasteiger partial charge in [-0.25, -0.2) is 31.9 Å². The number of thioether (sulfide) groups is 1. The van der Waals surface area contributed by atoms with E-state index < -0.39 is 136 Å². The van der Waals surface area contributed by atoms with Crippen molar-refractivity contribution in [3.05, 3.63) is 113 Å². The number of allylic oxidation sites excluding steroid dienone is 4. The van der Waals surface area contributed by atoms with E-state index in [1.807, 2.05) is 48.5 Å². The number of carbonyl (C=O) groups excluding carboxylic acids is 7. The molecular formula is C56H62F4N4O11S. The van der Waals surface area contributed by atoms with Gasteiger partial charge in [0.15, 0.2) is 17.1 Å². The maximum absolute atomic E-state index is 17.8. The van der Waals surface area contributed by atoms with Crippen LogP contribution in [0, 0.1) is 28.5 Å². The number of carbonyl (C=O) groups is 7. The summed E-state index contributed by atoms with van der Waals surface area (Å²) in [6.45, 7) is 7.49. The molecule has 76 heavy (non-hydrogen) atoms. The first-order valence-corrected chi connectivity index (χ1v) is 26.3. The Hall–Kier alpha value is -6.54. The number of alkyl halides is 3. The van der Waals surface area contributed by atoms with Crippen molar-refractivity contribution in [3.8, 4) is 11.1 Å². The molecule has 3 aromatic rings. The highest BCUT2D eigenvalue weighted by Crippen LogP contribution is 2.71. The smallest absolute Gasteiger partial charge is 0.407 e. The van der Waals surface area contributed by atoms with Crippen molar-refractivity contribution in [1.82, 2.24) is 16.0 Å². The van der Waals surface area contributed by atoms with Crippen LogP contribution in [0.15, 0.2) is 90.5 Å². The molecule has 5 aliphatic carbocycles. The van der Waals surface area contributed by atoms with E-state index in [1.54, 1.807) is 20.8 Å². The Balaban J connectivity index is 0.932. The number of aliphatic hydroxyl groups excluding tert-OH is 1. The van der Waals surface area contributed by atoms with Gasteiger partial charge < -0.3 is 40.6 Å². The summed E-state index contributed by atoms with van der Waals surface area (Å²) in [6, 6.07) is 15.9. The van der Waals surface area contributed by atoms with Crippen molar-refractivity contribution in [1.29, 1.82) is 0 Å². The molecule has 3 fully saturated rings. The van der Waals surface area contributed by atoms with Crippen LogP contribution in [0.5, 0.6) is 0 Å². The number of esters is 1. The number of hydrogen-bond donors (Lipinski definition) is 5. The van der Waals surface area contributed by atoms with Crippen LogP contribution >= 0.6 is 11.8 Å². The lowest BCUT2D eigenvalue weighted by Gasteiger charge is -2.63. The predicted octanol–water partition coefficient (Wildman–Crippen LogP) is 8.88. The first-order valence-electron chi connectivity index (χ1n) is 25.3. The van der Waals surface area contributed by atoms with E-state index in [0.29, 0.717) is 12.8 Å². The molecule has 20 heteroatoms. The van der Waals surface area contributed by atoms with Crippen LogP contribution in [0.2, 0.25) is 0 Å². The molecule has 5 N–H and O–H groups in total. The van der Waals surface area contributed by atoms with Crippen LogP contribution in [0.4, 0.5) is 32.8 Å². The quantitative estimate of drug-likeness (QED) is 0.0394. The maximum atomic E-state index is 17.8. The number of halogens is 4. The molecule has 0 aromatic heterocycles. The molecule has 0 spiro atoms. The van der Waals surface area contributed by atoms with Gasteiger partial charge in [-0.3, -0.25) is 19.2 Å². The monoisotopic (exact) mass is 1070 g/mol. The number of hydrogen-bond acceptors (Lipinski definition) is 12. The Bertz CT molecular complexity index is 2830. The number of ketones is 1. The van der Waals surface area contributed by atoms with Crippen molar-refractivity contribution < 1.29 is 70.4 Å². The summed E-state index contributed by atoms with van der Waals surface area (Å²) in [5.41, 5.74) is -5.74. The maximum Gasteiger partial charge on any atom is 0.407 e. The third kappa shape index (κ3) is 10.5. The van der Waals surface area contributed by atoms with Gasteiger partial charge in [0.05, 0.1) is 23.9 Å². The molecule has 0 bridgehead atoms.